The molecule has 0 fully saturated rings. The Balaban J connectivity index is 0. The molecule has 0 aromatic rings. The van der Waals surface area contributed by atoms with Crippen molar-refractivity contribution >= 4 is 24.2 Å². The predicted molar refractivity (Wildman–Crippen MR) is 63.1 cm³/mol. The minimum atomic E-state index is -0.176. The van der Waals surface area contributed by atoms with Crippen LogP contribution in [0.1, 0.15) is 27.7 Å². The van der Waals surface area contributed by atoms with E-state index in [1.54, 1.807) is 0 Å². The van der Waals surface area contributed by atoms with Crippen LogP contribution < -0.4 is 0 Å². The van der Waals surface area contributed by atoms with Crippen LogP contribution in [0.25, 0.3) is 0 Å². The zero-order valence-electron chi connectivity index (χ0n) is 9.95. The number of carbonyl (C=O) groups is 2. The third kappa shape index (κ3) is 6.47. The molecule has 0 saturated heterocycles. The molecule has 0 radical (unpaired) electrons. The Morgan fingerprint density at radius 2 is 1.33 bits per heavy atom. The Hall–Kier alpha value is -0.610. The molecule has 0 aliphatic carbocycles. The summed E-state index contributed by atoms with van der Waals surface area (Å²) in [5.41, 5.74) is 0. The molecule has 90 valence electrons. The zero-order valence-corrected chi connectivity index (χ0v) is 10.8. The normalized spacial score (nSPS) is 9.67. The van der Waals surface area contributed by atoms with Crippen LogP contribution in [-0.2, 0) is 9.59 Å². The molecule has 0 rings (SSSR count). The van der Waals surface area contributed by atoms with Crippen molar-refractivity contribution in [2.45, 2.75) is 27.7 Å². The first-order chi connectivity index (χ1) is 6.52. The minimum Gasteiger partial charge on any atom is -0.302 e. The van der Waals surface area contributed by atoms with Crippen molar-refractivity contribution in [3.8, 4) is 0 Å². The highest BCUT2D eigenvalue weighted by molar-refractivity contribution is 5.92. The van der Waals surface area contributed by atoms with Crippen molar-refractivity contribution in [3.05, 3.63) is 0 Å². The minimum absolute atomic E-state index is 0. The lowest BCUT2D eigenvalue weighted by atomic mass is 10.4. The Morgan fingerprint density at radius 1 is 0.933 bits per heavy atom. The number of likely N-dealkylation sites (N-methyl/N-ethyl adjacent to an activating group) is 1. The predicted octanol–water partition coefficient (Wildman–Crippen LogP) is 1.14. The standard InChI is InChI=1S/C10H20N2O2.ClH/c1-5-11(6-2)7-8-12(9(3)13)10(4)14;/h5-8H2,1-4H3;1H. The maximum Gasteiger partial charge on any atom is 0.226 e. The first-order valence-corrected chi connectivity index (χ1v) is 5.03. The maximum absolute atomic E-state index is 11.1. The van der Waals surface area contributed by atoms with E-state index in [0.717, 1.165) is 19.6 Å². The largest absolute Gasteiger partial charge is 0.302 e. The molecular formula is C10H21ClN2O2. The van der Waals surface area contributed by atoms with Crippen LogP contribution in [0.3, 0.4) is 0 Å². The van der Waals surface area contributed by atoms with E-state index in [1.165, 1.54) is 18.7 Å². The van der Waals surface area contributed by atoms with Gasteiger partial charge in [0.15, 0.2) is 0 Å². The van der Waals surface area contributed by atoms with E-state index in [0.29, 0.717) is 6.54 Å². The Bertz CT molecular complexity index is 192. The van der Waals surface area contributed by atoms with Gasteiger partial charge in [-0.15, -0.1) is 12.4 Å². The SMILES string of the molecule is CCN(CC)CCN(C(C)=O)C(C)=O.Cl. The third-order valence-corrected chi connectivity index (χ3v) is 2.29. The fraction of sp³-hybridized carbons (Fsp3) is 0.800. The molecule has 0 bridgehead atoms. The van der Waals surface area contributed by atoms with Gasteiger partial charge in [-0.3, -0.25) is 14.5 Å². The monoisotopic (exact) mass is 236 g/mol. The van der Waals surface area contributed by atoms with Crippen LogP contribution >= 0.6 is 12.4 Å². The number of halogens is 1. The summed E-state index contributed by atoms with van der Waals surface area (Å²) < 4.78 is 0. The van der Waals surface area contributed by atoms with E-state index in [-0.39, 0.29) is 24.2 Å². The molecule has 0 aliphatic heterocycles. The topological polar surface area (TPSA) is 40.6 Å². The van der Waals surface area contributed by atoms with E-state index in [4.69, 9.17) is 0 Å². The highest BCUT2D eigenvalue weighted by Crippen LogP contribution is 1.93. The van der Waals surface area contributed by atoms with E-state index < -0.39 is 0 Å². The van der Waals surface area contributed by atoms with Gasteiger partial charge in [0.1, 0.15) is 0 Å². The van der Waals surface area contributed by atoms with E-state index >= 15 is 0 Å². The summed E-state index contributed by atoms with van der Waals surface area (Å²) >= 11 is 0. The molecule has 0 N–H and O–H groups in total. The molecule has 15 heavy (non-hydrogen) atoms. The van der Waals surface area contributed by atoms with Crippen LogP contribution in [0.4, 0.5) is 0 Å². The molecule has 5 heteroatoms. The molecule has 0 aliphatic rings. The average Bonchev–Trinajstić information content (AvgIpc) is 2.11. The van der Waals surface area contributed by atoms with Crippen molar-refractivity contribution in [1.82, 2.24) is 9.80 Å². The van der Waals surface area contributed by atoms with Crippen molar-refractivity contribution in [1.29, 1.82) is 0 Å². The molecule has 0 aromatic carbocycles. The molecule has 0 saturated carbocycles. The Labute approximate surface area is 98.0 Å². The van der Waals surface area contributed by atoms with Crippen LogP contribution in [0.2, 0.25) is 0 Å². The highest BCUT2D eigenvalue weighted by Gasteiger charge is 2.13. The zero-order chi connectivity index (χ0) is 11.1. The van der Waals surface area contributed by atoms with Crippen molar-refractivity contribution in [2.24, 2.45) is 0 Å². The molecular weight excluding hydrogens is 216 g/mol. The third-order valence-electron chi connectivity index (χ3n) is 2.29. The second-order valence-corrected chi connectivity index (χ2v) is 3.22. The number of hydrogen-bond acceptors (Lipinski definition) is 3. The fourth-order valence-corrected chi connectivity index (χ4v) is 1.32. The van der Waals surface area contributed by atoms with Gasteiger partial charge in [0.05, 0.1) is 0 Å². The van der Waals surface area contributed by atoms with Crippen molar-refractivity contribution < 1.29 is 9.59 Å². The van der Waals surface area contributed by atoms with Crippen molar-refractivity contribution in [2.75, 3.05) is 26.2 Å². The molecule has 0 spiro atoms. The molecule has 0 aromatic heterocycles. The van der Waals surface area contributed by atoms with Gasteiger partial charge in [-0.2, -0.15) is 0 Å². The van der Waals surface area contributed by atoms with Crippen molar-refractivity contribution in [3.63, 3.8) is 0 Å². The lowest BCUT2D eigenvalue weighted by Gasteiger charge is -2.23. The number of nitrogens with zero attached hydrogens (tertiary/aromatic N) is 2. The molecule has 0 atom stereocenters. The van der Waals surface area contributed by atoms with Crippen LogP contribution in [0.5, 0.6) is 0 Å². The van der Waals surface area contributed by atoms with Crippen LogP contribution in [0, 0.1) is 0 Å². The van der Waals surface area contributed by atoms with Gasteiger partial charge < -0.3 is 4.90 Å². The van der Waals surface area contributed by atoms with E-state index in [1.807, 2.05) is 0 Å². The first kappa shape index (κ1) is 16.8. The first-order valence-electron chi connectivity index (χ1n) is 5.03. The summed E-state index contributed by atoms with van der Waals surface area (Å²) in [7, 11) is 0. The second kappa shape index (κ2) is 8.68. The van der Waals surface area contributed by atoms with Gasteiger partial charge >= 0.3 is 0 Å². The number of imide groups is 1. The van der Waals surface area contributed by atoms with Gasteiger partial charge in [-0.1, -0.05) is 13.8 Å². The smallest absolute Gasteiger partial charge is 0.226 e. The maximum atomic E-state index is 11.1. The molecule has 0 unspecified atom stereocenters. The summed E-state index contributed by atoms with van der Waals surface area (Å²) in [5.74, 6) is -0.352. The summed E-state index contributed by atoms with van der Waals surface area (Å²) in [6, 6.07) is 0. The van der Waals surface area contributed by atoms with Crippen LogP contribution in [0.15, 0.2) is 0 Å². The Kier molecular flexibility index (Phi) is 9.72. The van der Waals surface area contributed by atoms with Gasteiger partial charge in [0, 0.05) is 26.9 Å². The number of rotatable bonds is 5. The summed E-state index contributed by atoms with van der Waals surface area (Å²) in [4.78, 5) is 25.6. The van der Waals surface area contributed by atoms with Gasteiger partial charge in [-0.05, 0) is 13.1 Å². The summed E-state index contributed by atoms with van der Waals surface area (Å²) in [6.45, 7) is 10.1. The quantitative estimate of drug-likeness (QED) is 0.719. The second-order valence-electron chi connectivity index (χ2n) is 3.22. The van der Waals surface area contributed by atoms with Crippen LogP contribution in [-0.4, -0.2) is 47.8 Å². The van der Waals surface area contributed by atoms with E-state index in [2.05, 4.69) is 18.7 Å². The molecule has 0 heterocycles. The lowest BCUT2D eigenvalue weighted by Crippen LogP contribution is -2.40. The fourth-order valence-electron chi connectivity index (χ4n) is 1.32. The molecule has 4 nitrogen and oxygen atoms in total. The average molecular weight is 237 g/mol. The molecule has 2 amide bonds. The summed E-state index contributed by atoms with van der Waals surface area (Å²) in [6.07, 6.45) is 0. The summed E-state index contributed by atoms with van der Waals surface area (Å²) in [5, 5.41) is 0. The highest BCUT2D eigenvalue weighted by atomic mass is 35.5. The van der Waals surface area contributed by atoms with E-state index in [9.17, 15) is 9.59 Å². The lowest BCUT2D eigenvalue weighted by molar-refractivity contribution is -0.142. The number of carbonyl (C=O) groups excluding carboxylic acids is 2. The Morgan fingerprint density at radius 3 is 1.60 bits per heavy atom. The number of amides is 2. The van der Waals surface area contributed by atoms with Gasteiger partial charge in [0.25, 0.3) is 0 Å². The van der Waals surface area contributed by atoms with Gasteiger partial charge in [-0.25, -0.2) is 0 Å². The number of hydrogen-bond donors (Lipinski definition) is 0. The van der Waals surface area contributed by atoms with Gasteiger partial charge in [0.2, 0.25) is 11.8 Å².